The summed E-state index contributed by atoms with van der Waals surface area (Å²) in [5.41, 5.74) is 0. The van der Waals surface area contributed by atoms with Crippen LogP contribution in [-0.2, 0) is 5.11 Å². The summed E-state index contributed by atoms with van der Waals surface area (Å²) in [7, 11) is 0. The van der Waals surface area contributed by atoms with E-state index in [1.807, 2.05) is 0 Å². The molecule has 85 valence electrons. The Kier molecular flexibility index (Phi) is 11.0. The quantitative estimate of drug-likeness (QED) is 0.459. The van der Waals surface area contributed by atoms with Crippen molar-refractivity contribution < 1.29 is 5.11 Å². The number of hydrogen-bond acceptors (Lipinski definition) is 0. The van der Waals surface area contributed by atoms with Gasteiger partial charge in [-0.2, -0.15) is 0 Å². The summed E-state index contributed by atoms with van der Waals surface area (Å²) in [5, 5.41) is 10.2. The maximum Gasteiger partial charge on any atom is 0.0822 e. The Balaban J connectivity index is 3.02. The van der Waals surface area contributed by atoms with Crippen LogP contribution in [0, 0.1) is 5.92 Å². The molecule has 0 N–H and O–H groups in total. The van der Waals surface area contributed by atoms with Crippen molar-refractivity contribution in [2.24, 2.45) is 5.92 Å². The summed E-state index contributed by atoms with van der Waals surface area (Å²) in [6, 6.07) is 0. The first-order valence-electron chi connectivity index (χ1n) is 6.39. The normalized spacial score (nSPS) is 13.1. The molecule has 0 aliphatic heterocycles. The summed E-state index contributed by atoms with van der Waals surface area (Å²) in [6.07, 6.45) is 11.5. The monoisotopic (exact) mass is 199 g/mol. The molecular weight excluding hydrogens is 172 g/mol. The lowest BCUT2D eigenvalue weighted by molar-refractivity contribution is 0.185. The zero-order chi connectivity index (χ0) is 10.6. The summed E-state index contributed by atoms with van der Waals surface area (Å²) < 4.78 is 0. The Morgan fingerprint density at radius 3 is 2.07 bits per heavy atom. The maximum absolute atomic E-state index is 10.2. The van der Waals surface area contributed by atoms with Gasteiger partial charge in [0.2, 0.25) is 0 Å². The van der Waals surface area contributed by atoms with Crippen LogP contribution in [0.4, 0.5) is 0 Å². The van der Waals surface area contributed by atoms with Crippen LogP contribution < -0.4 is 0 Å². The number of rotatable bonds is 10. The van der Waals surface area contributed by atoms with Gasteiger partial charge in [0.25, 0.3) is 0 Å². The molecule has 14 heavy (non-hydrogen) atoms. The van der Waals surface area contributed by atoms with Gasteiger partial charge >= 0.3 is 0 Å². The molecule has 0 amide bonds. The SMILES string of the molecule is CCCCC(C)CCCCCCC[O]. The van der Waals surface area contributed by atoms with E-state index >= 15 is 0 Å². The molecule has 0 saturated heterocycles. The van der Waals surface area contributed by atoms with Crippen molar-refractivity contribution in [3.05, 3.63) is 0 Å². The van der Waals surface area contributed by atoms with Crippen LogP contribution in [0.25, 0.3) is 0 Å². The Labute approximate surface area is 89.9 Å². The van der Waals surface area contributed by atoms with Crippen molar-refractivity contribution in [2.45, 2.75) is 71.6 Å². The third-order valence-corrected chi connectivity index (χ3v) is 2.89. The van der Waals surface area contributed by atoms with Crippen LogP contribution >= 0.6 is 0 Å². The van der Waals surface area contributed by atoms with Crippen LogP contribution in [-0.4, -0.2) is 6.61 Å². The molecule has 0 bridgehead atoms. The fourth-order valence-corrected chi connectivity index (χ4v) is 1.82. The molecule has 1 nitrogen and oxygen atoms in total. The van der Waals surface area contributed by atoms with E-state index in [1.54, 1.807) is 0 Å². The first kappa shape index (κ1) is 14.0. The zero-order valence-corrected chi connectivity index (χ0v) is 10.1. The molecule has 1 atom stereocenters. The second-order valence-electron chi connectivity index (χ2n) is 4.51. The van der Waals surface area contributed by atoms with Crippen molar-refractivity contribution >= 4 is 0 Å². The number of hydrogen-bond donors (Lipinski definition) is 0. The fourth-order valence-electron chi connectivity index (χ4n) is 1.82. The second-order valence-corrected chi connectivity index (χ2v) is 4.51. The fraction of sp³-hybridized carbons (Fsp3) is 1.00. The van der Waals surface area contributed by atoms with Gasteiger partial charge in [0.15, 0.2) is 0 Å². The Hall–Kier alpha value is -0.0400. The van der Waals surface area contributed by atoms with Crippen LogP contribution in [0.15, 0.2) is 0 Å². The summed E-state index contributed by atoms with van der Waals surface area (Å²) in [6.45, 7) is 4.75. The predicted molar refractivity (Wildman–Crippen MR) is 61.9 cm³/mol. The lowest BCUT2D eigenvalue weighted by atomic mass is 9.97. The molecule has 0 rings (SSSR count). The molecule has 0 aromatic carbocycles. The highest BCUT2D eigenvalue weighted by Crippen LogP contribution is 2.16. The lowest BCUT2D eigenvalue weighted by Gasteiger charge is -2.09. The van der Waals surface area contributed by atoms with E-state index in [4.69, 9.17) is 0 Å². The highest BCUT2D eigenvalue weighted by Gasteiger charge is 2.00. The molecule has 0 aromatic heterocycles. The van der Waals surface area contributed by atoms with Crippen LogP contribution in [0.2, 0.25) is 0 Å². The zero-order valence-electron chi connectivity index (χ0n) is 10.1. The molecule has 1 unspecified atom stereocenters. The molecule has 0 aliphatic rings. The molecule has 1 heteroatoms. The smallest absolute Gasteiger partial charge is 0.0822 e. The minimum atomic E-state index is 0.118. The van der Waals surface area contributed by atoms with Crippen molar-refractivity contribution in [3.63, 3.8) is 0 Å². The molecule has 0 saturated carbocycles. The van der Waals surface area contributed by atoms with Crippen molar-refractivity contribution in [1.82, 2.24) is 0 Å². The summed E-state index contributed by atoms with van der Waals surface area (Å²) in [5.74, 6) is 0.912. The maximum atomic E-state index is 10.2. The molecule has 1 radical (unpaired) electrons. The molecule has 0 aliphatic carbocycles. The highest BCUT2D eigenvalue weighted by molar-refractivity contribution is 4.54. The van der Waals surface area contributed by atoms with Gasteiger partial charge in [0, 0.05) is 0 Å². The lowest BCUT2D eigenvalue weighted by Crippen LogP contribution is -1.94. The third kappa shape index (κ3) is 10.0. The predicted octanol–water partition coefficient (Wildman–Crippen LogP) is 4.58. The van der Waals surface area contributed by atoms with Crippen LogP contribution in [0.5, 0.6) is 0 Å². The highest BCUT2D eigenvalue weighted by atomic mass is 16.2. The molecule has 0 aromatic rings. The van der Waals surface area contributed by atoms with E-state index in [-0.39, 0.29) is 6.61 Å². The van der Waals surface area contributed by atoms with E-state index in [0.29, 0.717) is 0 Å². The van der Waals surface area contributed by atoms with Gasteiger partial charge in [-0.1, -0.05) is 65.2 Å². The topological polar surface area (TPSA) is 19.9 Å². The van der Waals surface area contributed by atoms with Gasteiger partial charge in [-0.05, 0) is 12.3 Å². The Morgan fingerprint density at radius 1 is 0.857 bits per heavy atom. The van der Waals surface area contributed by atoms with E-state index < -0.39 is 0 Å². The summed E-state index contributed by atoms with van der Waals surface area (Å²) in [4.78, 5) is 0. The van der Waals surface area contributed by atoms with E-state index in [1.165, 1.54) is 44.9 Å². The van der Waals surface area contributed by atoms with Gasteiger partial charge in [-0.15, -0.1) is 0 Å². The first-order valence-corrected chi connectivity index (χ1v) is 6.39. The van der Waals surface area contributed by atoms with E-state index in [2.05, 4.69) is 13.8 Å². The van der Waals surface area contributed by atoms with Gasteiger partial charge in [0.05, 0.1) is 6.61 Å². The second kappa shape index (κ2) is 11.0. The van der Waals surface area contributed by atoms with E-state index in [0.717, 1.165) is 18.8 Å². The van der Waals surface area contributed by atoms with Gasteiger partial charge in [-0.3, -0.25) is 0 Å². The van der Waals surface area contributed by atoms with E-state index in [9.17, 15) is 5.11 Å². The van der Waals surface area contributed by atoms with Crippen molar-refractivity contribution in [1.29, 1.82) is 0 Å². The minimum Gasteiger partial charge on any atom is -0.237 e. The van der Waals surface area contributed by atoms with Gasteiger partial charge in [0.1, 0.15) is 0 Å². The number of unbranched alkanes of at least 4 members (excludes halogenated alkanes) is 5. The average Bonchev–Trinajstić information content (AvgIpc) is 2.20. The average molecular weight is 199 g/mol. The molecule has 0 spiro atoms. The molecule has 0 heterocycles. The molecule has 0 fully saturated rings. The Bertz CT molecular complexity index is 101. The standard InChI is InChI=1S/C13H27O/c1-3-4-10-13(2)11-8-6-5-7-9-12-14/h13H,3-12H2,1-2H3. The van der Waals surface area contributed by atoms with Gasteiger partial charge < -0.3 is 0 Å². The van der Waals surface area contributed by atoms with Crippen LogP contribution in [0.3, 0.4) is 0 Å². The third-order valence-electron chi connectivity index (χ3n) is 2.89. The first-order chi connectivity index (χ1) is 6.81. The largest absolute Gasteiger partial charge is 0.237 e. The minimum absolute atomic E-state index is 0.118. The Morgan fingerprint density at radius 2 is 1.43 bits per heavy atom. The van der Waals surface area contributed by atoms with Crippen molar-refractivity contribution in [3.8, 4) is 0 Å². The van der Waals surface area contributed by atoms with Gasteiger partial charge in [-0.25, -0.2) is 5.11 Å². The molecular formula is C13H27O. The van der Waals surface area contributed by atoms with Crippen LogP contribution in [0.1, 0.15) is 71.6 Å². The summed E-state index contributed by atoms with van der Waals surface area (Å²) >= 11 is 0. The van der Waals surface area contributed by atoms with Crippen molar-refractivity contribution in [2.75, 3.05) is 6.61 Å².